The number of carbonyl (C=O) groups excluding carboxylic acids is 1. The van der Waals surface area contributed by atoms with E-state index in [9.17, 15) is 4.79 Å². The summed E-state index contributed by atoms with van der Waals surface area (Å²) in [5, 5.41) is 6.32. The van der Waals surface area contributed by atoms with Crippen molar-refractivity contribution in [2.75, 3.05) is 12.4 Å². The van der Waals surface area contributed by atoms with E-state index < -0.39 is 0 Å². The topological polar surface area (TPSA) is 41.1 Å². The van der Waals surface area contributed by atoms with Crippen molar-refractivity contribution in [1.82, 2.24) is 5.32 Å². The SMILES string of the molecule is CNC(c1ccc2c(c1)CCCC(=O)N2)c1ccc(Cl)s1. The minimum Gasteiger partial charge on any atom is -0.326 e. The van der Waals surface area contributed by atoms with Crippen LogP contribution in [0.15, 0.2) is 30.3 Å². The number of hydrogen-bond donors (Lipinski definition) is 2. The molecule has 0 bridgehead atoms. The lowest BCUT2D eigenvalue weighted by atomic mass is 9.99. The van der Waals surface area contributed by atoms with Crippen molar-refractivity contribution in [3.05, 3.63) is 50.7 Å². The summed E-state index contributed by atoms with van der Waals surface area (Å²) in [5.74, 6) is 0.108. The van der Waals surface area contributed by atoms with E-state index in [1.807, 2.05) is 19.2 Å². The van der Waals surface area contributed by atoms with Gasteiger partial charge in [-0.05, 0) is 49.2 Å². The minimum atomic E-state index is 0.108. The number of hydrogen-bond acceptors (Lipinski definition) is 3. The summed E-state index contributed by atoms with van der Waals surface area (Å²) >= 11 is 7.64. The average molecular weight is 321 g/mol. The lowest BCUT2D eigenvalue weighted by Crippen LogP contribution is -2.17. The molecule has 2 heterocycles. The molecule has 1 aliphatic rings. The second-order valence-electron chi connectivity index (χ2n) is 5.18. The number of halogens is 1. The Balaban J connectivity index is 1.95. The van der Waals surface area contributed by atoms with E-state index in [1.165, 1.54) is 16.0 Å². The van der Waals surface area contributed by atoms with Crippen molar-refractivity contribution in [3.8, 4) is 0 Å². The van der Waals surface area contributed by atoms with Gasteiger partial charge in [-0.1, -0.05) is 23.7 Å². The maximum absolute atomic E-state index is 11.6. The summed E-state index contributed by atoms with van der Waals surface area (Å²) in [7, 11) is 1.95. The van der Waals surface area contributed by atoms with Gasteiger partial charge in [0.15, 0.2) is 0 Å². The summed E-state index contributed by atoms with van der Waals surface area (Å²) in [5.41, 5.74) is 3.35. The Bertz CT molecular complexity index is 668. The molecule has 0 fully saturated rings. The first-order valence-electron chi connectivity index (χ1n) is 7.02. The van der Waals surface area contributed by atoms with Crippen LogP contribution in [0, 0.1) is 0 Å². The van der Waals surface area contributed by atoms with Gasteiger partial charge < -0.3 is 10.6 Å². The fraction of sp³-hybridized carbons (Fsp3) is 0.312. The molecule has 1 aromatic heterocycles. The van der Waals surface area contributed by atoms with Gasteiger partial charge >= 0.3 is 0 Å². The molecule has 110 valence electrons. The summed E-state index contributed by atoms with van der Waals surface area (Å²) in [6.45, 7) is 0. The third-order valence-corrected chi connectivity index (χ3v) is 5.05. The second-order valence-corrected chi connectivity index (χ2v) is 6.93. The van der Waals surface area contributed by atoms with E-state index in [0.717, 1.165) is 22.9 Å². The molecule has 0 saturated carbocycles. The van der Waals surface area contributed by atoms with Crippen molar-refractivity contribution < 1.29 is 4.79 Å². The van der Waals surface area contributed by atoms with E-state index in [-0.39, 0.29) is 11.9 Å². The number of fused-ring (bicyclic) bond motifs is 1. The van der Waals surface area contributed by atoms with E-state index in [0.29, 0.717) is 6.42 Å². The number of amides is 1. The largest absolute Gasteiger partial charge is 0.326 e. The van der Waals surface area contributed by atoms with Gasteiger partial charge in [0.25, 0.3) is 0 Å². The maximum atomic E-state index is 11.6. The standard InChI is InChI=1S/C16H17ClN2OS/c1-18-16(13-7-8-14(17)21-13)11-5-6-12-10(9-11)3-2-4-15(20)19-12/h5-9,16,18H,2-4H2,1H3,(H,19,20). The molecule has 2 aromatic rings. The van der Waals surface area contributed by atoms with Crippen LogP contribution in [-0.2, 0) is 11.2 Å². The van der Waals surface area contributed by atoms with Gasteiger partial charge in [0.1, 0.15) is 0 Å². The molecule has 1 amide bonds. The van der Waals surface area contributed by atoms with Crippen molar-refractivity contribution in [1.29, 1.82) is 0 Å². The molecule has 3 nitrogen and oxygen atoms in total. The van der Waals surface area contributed by atoms with E-state index in [1.54, 1.807) is 11.3 Å². The first-order chi connectivity index (χ1) is 10.2. The number of aryl methyl sites for hydroxylation is 1. The van der Waals surface area contributed by atoms with E-state index in [4.69, 9.17) is 11.6 Å². The third kappa shape index (κ3) is 3.12. The molecule has 1 aliphatic heterocycles. The molecule has 1 atom stereocenters. The summed E-state index contributed by atoms with van der Waals surface area (Å²) in [6.07, 6.45) is 2.43. The lowest BCUT2D eigenvalue weighted by molar-refractivity contribution is -0.116. The molecular formula is C16H17ClN2OS. The zero-order valence-electron chi connectivity index (χ0n) is 11.8. The second kappa shape index (κ2) is 6.18. The zero-order chi connectivity index (χ0) is 14.8. The Labute approximate surface area is 133 Å². The van der Waals surface area contributed by atoms with Gasteiger partial charge in [-0.15, -0.1) is 11.3 Å². The molecular weight excluding hydrogens is 304 g/mol. The van der Waals surface area contributed by atoms with Crippen LogP contribution in [0.4, 0.5) is 5.69 Å². The molecule has 0 spiro atoms. The first kappa shape index (κ1) is 14.6. The Kier molecular flexibility index (Phi) is 4.29. The molecule has 1 unspecified atom stereocenters. The zero-order valence-corrected chi connectivity index (χ0v) is 13.4. The Hall–Kier alpha value is -1.36. The molecule has 21 heavy (non-hydrogen) atoms. The number of carbonyl (C=O) groups is 1. The summed E-state index contributed by atoms with van der Waals surface area (Å²) in [4.78, 5) is 12.8. The van der Waals surface area contributed by atoms with Crippen molar-refractivity contribution >= 4 is 34.5 Å². The van der Waals surface area contributed by atoms with Crippen LogP contribution < -0.4 is 10.6 Å². The maximum Gasteiger partial charge on any atom is 0.224 e. The highest BCUT2D eigenvalue weighted by atomic mass is 35.5. The minimum absolute atomic E-state index is 0.108. The highest BCUT2D eigenvalue weighted by Crippen LogP contribution is 2.33. The Morgan fingerprint density at radius 1 is 1.29 bits per heavy atom. The number of benzene rings is 1. The summed E-state index contributed by atoms with van der Waals surface area (Å²) < 4.78 is 0.798. The predicted octanol–water partition coefficient (Wildman–Crippen LogP) is 3.99. The number of rotatable bonds is 3. The quantitative estimate of drug-likeness (QED) is 0.898. The van der Waals surface area contributed by atoms with Gasteiger partial charge in [-0.2, -0.15) is 0 Å². The lowest BCUT2D eigenvalue weighted by Gasteiger charge is -2.17. The summed E-state index contributed by atoms with van der Waals surface area (Å²) in [6, 6.07) is 10.4. The molecule has 3 rings (SSSR count). The Morgan fingerprint density at radius 2 is 2.14 bits per heavy atom. The molecule has 0 aliphatic carbocycles. The van der Waals surface area contributed by atoms with E-state index in [2.05, 4.69) is 28.8 Å². The van der Waals surface area contributed by atoms with Crippen LogP contribution in [-0.4, -0.2) is 13.0 Å². The average Bonchev–Trinajstić information content (AvgIpc) is 2.79. The Morgan fingerprint density at radius 3 is 2.86 bits per heavy atom. The van der Waals surface area contributed by atoms with Crippen LogP contribution in [0.3, 0.4) is 0 Å². The highest BCUT2D eigenvalue weighted by Gasteiger charge is 2.18. The van der Waals surface area contributed by atoms with Crippen LogP contribution in [0.5, 0.6) is 0 Å². The first-order valence-corrected chi connectivity index (χ1v) is 8.22. The molecule has 2 N–H and O–H groups in total. The highest BCUT2D eigenvalue weighted by molar-refractivity contribution is 7.16. The van der Waals surface area contributed by atoms with Crippen molar-refractivity contribution in [2.24, 2.45) is 0 Å². The fourth-order valence-electron chi connectivity index (χ4n) is 2.73. The fourth-order valence-corrected chi connectivity index (χ4v) is 3.93. The third-order valence-electron chi connectivity index (χ3n) is 3.75. The van der Waals surface area contributed by atoms with Crippen LogP contribution in [0.2, 0.25) is 4.34 Å². The van der Waals surface area contributed by atoms with Gasteiger partial charge in [0.05, 0.1) is 10.4 Å². The van der Waals surface area contributed by atoms with Crippen LogP contribution in [0.25, 0.3) is 0 Å². The van der Waals surface area contributed by atoms with Crippen molar-refractivity contribution in [2.45, 2.75) is 25.3 Å². The van der Waals surface area contributed by atoms with Gasteiger partial charge in [-0.25, -0.2) is 0 Å². The van der Waals surface area contributed by atoms with Gasteiger partial charge in [-0.3, -0.25) is 4.79 Å². The van der Waals surface area contributed by atoms with Gasteiger partial charge in [0.2, 0.25) is 5.91 Å². The number of nitrogens with one attached hydrogen (secondary N) is 2. The molecule has 0 radical (unpaired) electrons. The normalized spacial score (nSPS) is 16.0. The molecule has 0 saturated heterocycles. The smallest absolute Gasteiger partial charge is 0.224 e. The van der Waals surface area contributed by atoms with E-state index >= 15 is 0 Å². The van der Waals surface area contributed by atoms with Crippen LogP contribution in [0.1, 0.15) is 34.9 Å². The van der Waals surface area contributed by atoms with Gasteiger partial charge in [0, 0.05) is 17.0 Å². The van der Waals surface area contributed by atoms with Crippen molar-refractivity contribution in [3.63, 3.8) is 0 Å². The molecule has 5 heteroatoms. The number of anilines is 1. The monoisotopic (exact) mass is 320 g/mol. The van der Waals surface area contributed by atoms with Crippen LogP contribution >= 0.6 is 22.9 Å². The predicted molar refractivity (Wildman–Crippen MR) is 88.2 cm³/mol. The molecule has 1 aromatic carbocycles. The number of thiophene rings is 1.